The van der Waals surface area contributed by atoms with E-state index in [-0.39, 0.29) is 18.0 Å². The Balaban J connectivity index is 1.68. The molecular weight excluding hydrogens is 258 g/mol. The van der Waals surface area contributed by atoms with Crippen LogP contribution in [0.3, 0.4) is 0 Å². The molecule has 1 aromatic heterocycles. The molecule has 110 valence electrons. The second-order valence-corrected chi connectivity index (χ2v) is 5.76. The highest BCUT2D eigenvalue weighted by molar-refractivity contribution is 5.79. The number of carbonyl (C=O) groups is 1. The van der Waals surface area contributed by atoms with Crippen molar-refractivity contribution in [2.24, 2.45) is 0 Å². The monoisotopic (exact) mass is 279 g/mol. The highest BCUT2D eigenvalue weighted by Crippen LogP contribution is 2.24. The topological polar surface area (TPSA) is 67.5 Å². The van der Waals surface area contributed by atoms with Crippen molar-refractivity contribution in [1.82, 2.24) is 15.0 Å². The predicted molar refractivity (Wildman–Crippen MR) is 74.0 cm³/mol. The zero-order valence-electron chi connectivity index (χ0n) is 11.8. The fourth-order valence-electron chi connectivity index (χ4n) is 3.40. The first-order valence-corrected chi connectivity index (χ1v) is 7.36. The van der Waals surface area contributed by atoms with Crippen molar-refractivity contribution in [1.29, 1.82) is 0 Å². The predicted octanol–water partition coefficient (Wildman–Crippen LogP) is 0.606. The van der Waals surface area contributed by atoms with Crippen molar-refractivity contribution < 1.29 is 9.32 Å². The molecule has 0 radical (unpaired) electrons. The van der Waals surface area contributed by atoms with Gasteiger partial charge in [-0.15, -0.1) is 4.74 Å². The van der Waals surface area contributed by atoms with E-state index in [0.29, 0.717) is 17.8 Å². The molecule has 2 atom stereocenters. The highest BCUT2D eigenvalue weighted by Gasteiger charge is 2.34. The van der Waals surface area contributed by atoms with E-state index in [1.54, 1.807) is 6.92 Å². The van der Waals surface area contributed by atoms with Gasteiger partial charge in [-0.3, -0.25) is 14.5 Å². The number of rotatable bonds is 3. The molecule has 2 aliphatic rings. The van der Waals surface area contributed by atoms with Gasteiger partial charge in [-0.05, 0) is 45.7 Å². The molecule has 0 aliphatic carbocycles. The van der Waals surface area contributed by atoms with Crippen LogP contribution in [0.2, 0.25) is 0 Å². The maximum Gasteiger partial charge on any atom is 0.290 e. The number of nitrogens with zero attached hydrogens (tertiary/aromatic N) is 2. The molecule has 0 bridgehead atoms. The van der Waals surface area contributed by atoms with Gasteiger partial charge in [0.15, 0.2) is 0 Å². The lowest BCUT2D eigenvalue weighted by Gasteiger charge is -2.28. The molecular formula is C14H21N3O3. The molecule has 6 heteroatoms. The SMILES string of the molecule is Cc1cc(=O)n(C(=O)CN2CCCC2C2CCCN2)o1. The van der Waals surface area contributed by atoms with Gasteiger partial charge in [-0.2, -0.15) is 0 Å². The number of carbonyl (C=O) groups excluding carboxylic acids is 1. The van der Waals surface area contributed by atoms with E-state index in [4.69, 9.17) is 4.52 Å². The molecule has 1 N–H and O–H groups in total. The summed E-state index contributed by atoms with van der Waals surface area (Å²) in [6.45, 7) is 3.92. The molecule has 0 spiro atoms. The molecule has 0 amide bonds. The number of hydrogen-bond donors (Lipinski definition) is 1. The Kier molecular flexibility index (Phi) is 3.76. The van der Waals surface area contributed by atoms with E-state index in [2.05, 4.69) is 10.2 Å². The molecule has 2 fully saturated rings. The number of aryl methyl sites for hydroxylation is 1. The van der Waals surface area contributed by atoms with Crippen LogP contribution in [0.5, 0.6) is 0 Å². The Labute approximate surface area is 117 Å². The number of aromatic nitrogens is 1. The first-order chi connectivity index (χ1) is 9.65. The van der Waals surface area contributed by atoms with Crippen LogP contribution in [-0.2, 0) is 0 Å². The van der Waals surface area contributed by atoms with Crippen LogP contribution >= 0.6 is 0 Å². The molecule has 2 aliphatic heterocycles. The summed E-state index contributed by atoms with van der Waals surface area (Å²) < 4.78 is 6.04. The Morgan fingerprint density at radius 2 is 2.30 bits per heavy atom. The zero-order valence-corrected chi connectivity index (χ0v) is 11.8. The van der Waals surface area contributed by atoms with Crippen LogP contribution in [0.1, 0.15) is 36.2 Å². The van der Waals surface area contributed by atoms with Gasteiger partial charge in [0, 0.05) is 18.2 Å². The summed E-state index contributed by atoms with van der Waals surface area (Å²) in [4.78, 5) is 26.0. The highest BCUT2D eigenvalue weighted by atomic mass is 16.5. The summed E-state index contributed by atoms with van der Waals surface area (Å²) in [6, 6.07) is 2.24. The molecule has 0 aromatic carbocycles. The van der Waals surface area contributed by atoms with Gasteiger partial charge < -0.3 is 9.84 Å². The number of hydrogen-bond acceptors (Lipinski definition) is 5. The van der Waals surface area contributed by atoms with Gasteiger partial charge in [-0.25, -0.2) is 0 Å². The summed E-state index contributed by atoms with van der Waals surface area (Å²) in [5, 5.41) is 3.51. The summed E-state index contributed by atoms with van der Waals surface area (Å²) in [7, 11) is 0. The average molecular weight is 279 g/mol. The van der Waals surface area contributed by atoms with E-state index < -0.39 is 0 Å². The lowest BCUT2D eigenvalue weighted by atomic mass is 10.0. The number of nitrogens with one attached hydrogen (secondary N) is 1. The van der Waals surface area contributed by atoms with Crippen LogP contribution in [0.4, 0.5) is 0 Å². The molecule has 0 saturated carbocycles. The average Bonchev–Trinajstić information content (AvgIpc) is 3.09. The summed E-state index contributed by atoms with van der Waals surface area (Å²) in [5.74, 6) is 0.201. The van der Waals surface area contributed by atoms with E-state index in [1.807, 2.05) is 0 Å². The van der Waals surface area contributed by atoms with Crippen molar-refractivity contribution in [2.75, 3.05) is 19.6 Å². The van der Waals surface area contributed by atoms with Gasteiger partial charge in [0.1, 0.15) is 5.76 Å². The van der Waals surface area contributed by atoms with Gasteiger partial charge in [0.2, 0.25) is 0 Å². The summed E-state index contributed by atoms with van der Waals surface area (Å²) in [6.07, 6.45) is 4.62. The van der Waals surface area contributed by atoms with Crippen molar-refractivity contribution in [3.05, 3.63) is 22.2 Å². The Morgan fingerprint density at radius 1 is 1.45 bits per heavy atom. The Morgan fingerprint density at radius 3 is 2.95 bits per heavy atom. The second kappa shape index (κ2) is 5.54. The molecule has 2 saturated heterocycles. The molecule has 3 heterocycles. The van der Waals surface area contributed by atoms with E-state index >= 15 is 0 Å². The first-order valence-electron chi connectivity index (χ1n) is 7.36. The van der Waals surface area contributed by atoms with Crippen LogP contribution in [0, 0.1) is 6.92 Å². The van der Waals surface area contributed by atoms with Gasteiger partial charge in [-0.1, -0.05) is 0 Å². The van der Waals surface area contributed by atoms with Crippen molar-refractivity contribution in [3.8, 4) is 0 Å². The van der Waals surface area contributed by atoms with E-state index in [0.717, 1.165) is 30.7 Å². The normalized spacial score (nSPS) is 27.2. The minimum absolute atomic E-state index is 0.260. The number of likely N-dealkylation sites (tertiary alicyclic amines) is 1. The van der Waals surface area contributed by atoms with Crippen LogP contribution in [-0.4, -0.2) is 47.3 Å². The summed E-state index contributed by atoms with van der Waals surface area (Å²) in [5.41, 5.74) is -0.373. The largest absolute Gasteiger partial charge is 0.373 e. The quantitative estimate of drug-likeness (QED) is 0.878. The zero-order chi connectivity index (χ0) is 14.1. The third-order valence-corrected chi connectivity index (χ3v) is 4.30. The maximum atomic E-state index is 12.2. The first kappa shape index (κ1) is 13.6. The van der Waals surface area contributed by atoms with Crippen LogP contribution in [0.15, 0.2) is 15.4 Å². The van der Waals surface area contributed by atoms with E-state index in [1.165, 1.54) is 18.9 Å². The lowest BCUT2D eigenvalue weighted by molar-refractivity contribution is 0.0694. The van der Waals surface area contributed by atoms with Crippen molar-refractivity contribution in [3.63, 3.8) is 0 Å². The molecule has 2 unspecified atom stereocenters. The summed E-state index contributed by atoms with van der Waals surface area (Å²) >= 11 is 0. The van der Waals surface area contributed by atoms with Crippen molar-refractivity contribution >= 4 is 5.91 Å². The van der Waals surface area contributed by atoms with E-state index in [9.17, 15) is 9.59 Å². The minimum atomic E-state index is -0.373. The van der Waals surface area contributed by atoms with Gasteiger partial charge in [0.25, 0.3) is 11.5 Å². The standard InChI is InChI=1S/C14H21N3O3/c1-10-8-13(18)17(20-10)14(19)9-16-7-3-5-12(16)11-4-2-6-15-11/h8,11-12,15H,2-7,9H2,1H3. The fraction of sp³-hybridized carbons (Fsp3) is 0.714. The minimum Gasteiger partial charge on any atom is -0.373 e. The van der Waals surface area contributed by atoms with Crippen LogP contribution < -0.4 is 10.9 Å². The Bertz CT molecular complexity index is 542. The van der Waals surface area contributed by atoms with Gasteiger partial charge in [0.05, 0.1) is 6.54 Å². The maximum absolute atomic E-state index is 12.2. The second-order valence-electron chi connectivity index (χ2n) is 5.76. The molecule has 6 nitrogen and oxygen atoms in total. The van der Waals surface area contributed by atoms with Gasteiger partial charge >= 0.3 is 0 Å². The van der Waals surface area contributed by atoms with Crippen molar-refractivity contribution in [2.45, 2.75) is 44.7 Å². The Hall–Kier alpha value is -1.40. The molecule has 1 aromatic rings. The lowest BCUT2D eigenvalue weighted by Crippen LogP contribution is -2.47. The molecule has 20 heavy (non-hydrogen) atoms. The fourth-order valence-corrected chi connectivity index (χ4v) is 3.40. The third-order valence-electron chi connectivity index (χ3n) is 4.30. The smallest absolute Gasteiger partial charge is 0.290 e. The third kappa shape index (κ3) is 2.58. The van der Waals surface area contributed by atoms with Crippen LogP contribution in [0.25, 0.3) is 0 Å². The molecule has 3 rings (SSSR count).